The second-order valence-corrected chi connectivity index (χ2v) is 4.41. The Morgan fingerprint density at radius 3 is 2.76 bits per heavy atom. The van der Waals surface area contributed by atoms with Crippen LogP contribution < -0.4 is 10.6 Å². The molecule has 1 fully saturated rings. The van der Waals surface area contributed by atoms with Crippen molar-refractivity contribution in [1.29, 1.82) is 0 Å². The van der Waals surface area contributed by atoms with E-state index in [0.717, 1.165) is 23.6 Å². The number of aryl methyl sites for hydroxylation is 2. The highest BCUT2D eigenvalue weighted by molar-refractivity contribution is 6.02. The molecule has 0 amide bonds. The van der Waals surface area contributed by atoms with Crippen LogP contribution in [0, 0.1) is 6.92 Å². The summed E-state index contributed by atoms with van der Waals surface area (Å²) < 4.78 is 1.81. The quantitative estimate of drug-likeness (QED) is 0.351. The second-order valence-electron chi connectivity index (χ2n) is 4.41. The fourth-order valence-electron chi connectivity index (χ4n) is 2.29. The van der Waals surface area contributed by atoms with Crippen LogP contribution in [0.1, 0.15) is 31.0 Å². The normalized spacial score (nSPS) is 16.3. The molecular formula is C11H19N5O. The molecule has 6 heteroatoms. The van der Waals surface area contributed by atoms with Crippen LogP contribution in [0.5, 0.6) is 0 Å². The highest BCUT2D eigenvalue weighted by Gasteiger charge is 2.32. The van der Waals surface area contributed by atoms with E-state index >= 15 is 0 Å². The summed E-state index contributed by atoms with van der Waals surface area (Å²) in [6.45, 7) is 4.88. The first kappa shape index (κ1) is 11.8. The lowest BCUT2D eigenvalue weighted by Gasteiger charge is -2.23. The van der Waals surface area contributed by atoms with Gasteiger partial charge in [-0.15, -0.1) is 0 Å². The van der Waals surface area contributed by atoms with Gasteiger partial charge >= 0.3 is 0 Å². The molecule has 0 saturated heterocycles. The molecule has 1 aromatic rings. The predicted molar refractivity (Wildman–Crippen MR) is 66.5 cm³/mol. The summed E-state index contributed by atoms with van der Waals surface area (Å²) in [5, 5.41) is 16.3. The number of rotatable bonds is 4. The zero-order valence-electron chi connectivity index (χ0n) is 10.5. The van der Waals surface area contributed by atoms with Gasteiger partial charge in [-0.2, -0.15) is 5.10 Å². The van der Waals surface area contributed by atoms with E-state index in [0.29, 0.717) is 6.04 Å². The number of anilines is 1. The first-order chi connectivity index (χ1) is 8.10. The third kappa shape index (κ3) is 1.94. The van der Waals surface area contributed by atoms with Crippen LogP contribution in [0.2, 0.25) is 0 Å². The molecule has 2 rings (SSSR count). The largest absolute Gasteiger partial charge is 0.409 e. The van der Waals surface area contributed by atoms with Crippen LogP contribution in [0.15, 0.2) is 5.16 Å². The average Bonchev–Trinajstić information content (AvgIpc) is 3.07. The Balaban J connectivity index is 2.50. The fraction of sp³-hybridized carbons (Fsp3) is 0.636. The molecule has 1 aliphatic carbocycles. The average molecular weight is 237 g/mol. The van der Waals surface area contributed by atoms with E-state index in [4.69, 9.17) is 10.9 Å². The number of hydrogen-bond donors (Lipinski definition) is 2. The highest BCUT2D eigenvalue weighted by Crippen LogP contribution is 2.34. The monoisotopic (exact) mass is 237 g/mol. The molecule has 17 heavy (non-hydrogen) atoms. The number of nitrogens with two attached hydrogens (primary N) is 1. The molecule has 0 atom stereocenters. The molecule has 0 radical (unpaired) electrons. The van der Waals surface area contributed by atoms with Crippen molar-refractivity contribution in [3.63, 3.8) is 0 Å². The van der Waals surface area contributed by atoms with Gasteiger partial charge in [0, 0.05) is 19.6 Å². The minimum absolute atomic E-state index is 0.129. The molecule has 0 aromatic carbocycles. The molecule has 0 bridgehead atoms. The highest BCUT2D eigenvalue weighted by atomic mass is 16.4. The molecule has 3 N–H and O–H groups in total. The van der Waals surface area contributed by atoms with Crippen molar-refractivity contribution in [3.8, 4) is 0 Å². The Morgan fingerprint density at radius 2 is 2.29 bits per heavy atom. The first-order valence-corrected chi connectivity index (χ1v) is 5.88. The Bertz CT molecular complexity index is 447. The topological polar surface area (TPSA) is 79.7 Å². The SMILES string of the molecule is CCN(c1c(C(N)=NO)c(C)nn1C)C1CC1. The lowest BCUT2D eigenvalue weighted by molar-refractivity contribution is 0.318. The zero-order valence-corrected chi connectivity index (χ0v) is 10.5. The van der Waals surface area contributed by atoms with Crippen LogP contribution in [-0.2, 0) is 7.05 Å². The third-order valence-electron chi connectivity index (χ3n) is 3.16. The maximum Gasteiger partial charge on any atom is 0.175 e. The van der Waals surface area contributed by atoms with Crippen molar-refractivity contribution in [3.05, 3.63) is 11.3 Å². The number of aromatic nitrogens is 2. The molecule has 1 aliphatic rings. The summed E-state index contributed by atoms with van der Waals surface area (Å²) in [5.74, 6) is 1.08. The van der Waals surface area contributed by atoms with Crippen LogP contribution in [0.4, 0.5) is 5.82 Å². The molecule has 94 valence electrons. The van der Waals surface area contributed by atoms with E-state index in [1.165, 1.54) is 12.8 Å². The van der Waals surface area contributed by atoms with Crippen molar-refractivity contribution < 1.29 is 5.21 Å². The van der Waals surface area contributed by atoms with Crippen LogP contribution in [0.3, 0.4) is 0 Å². The molecule has 1 aromatic heterocycles. The second kappa shape index (κ2) is 4.27. The number of nitrogens with zero attached hydrogens (tertiary/aromatic N) is 4. The van der Waals surface area contributed by atoms with E-state index < -0.39 is 0 Å². The third-order valence-corrected chi connectivity index (χ3v) is 3.16. The first-order valence-electron chi connectivity index (χ1n) is 5.88. The fourth-order valence-corrected chi connectivity index (χ4v) is 2.29. The van der Waals surface area contributed by atoms with E-state index in [9.17, 15) is 0 Å². The predicted octanol–water partition coefficient (Wildman–Crippen LogP) is 0.812. The van der Waals surface area contributed by atoms with Crippen LogP contribution in [0.25, 0.3) is 0 Å². The lowest BCUT2D eigenvalue weighted by Crippen LogP contribution is -2.30. The van der Waals surface area contributed by atoms with Gasteiger partial charge in [0.2, 0.25) is 0 Å². The van der Waals surface area contributed by atoms with Crippen molar-refractivity contribution in [1.82, 2.24) is 9.78 Å². The molecule has 0 unspecified atom stereocenters. The van der Waals surface area contributed by atoms with Crippen molar-refractivity contribution >= 4 is 11.7 Å². The molecule has 0 spiro atoms. The number of hydrogen-bond acceptors (Lipinski definition) is 4. The summed E-state index contributed by atoms with van der Waals surface area (Å²) in [4.78, 5) is 2.27. The van der Waals surface area contributed by atoms with Gasteiger partial charge in [0.15, 0.2) is 5.84 Å². The Morgan fingerprint density at radius 1 is 1.65 bits per heavy atom. The maximum absolute atomic E-state index is 8.86. The minimum atomic E-state index is 0.129. The van der Waals surface area contributed by atoms with Gasteiger partial charge in [-0.25, -0.2) is 0 Å². The maximum atomic E-state index is 8.86. The molecule has 1 heterocycles. The summed E-state index contributed by atoms with van der Waals surface area (Å²) in [6, 6.07) is 0.569. The summed E-state index contributed by atoms with van der Waals surface area (Å²) in [6.07, 6.45) is 2.40. The Labute approximate surface area is 101 Å². The molecule has 1 saturated carbocycles. The molecule has 0 aliphatic heterocycles. The van der Waals surface area contributed by atoms with Gasteiger partial charge < -0.3 is 15.8 Å². The van der Waals surface area contributed by atoms with Gasteiger partial charge in [0.1, 0.15) is 5.82 Å². The van der Waals surface area contributed by atoms with E-state index in [-0.39, 0.29) is 5.84 Å². The van der Waals surface area contributed by atoms with Gasteiger partial charge in [-0.05, 0) is 26.7 Å². The summed E-state index contributed by atoms with van der Waals surface area (Å²) in [5.41, 5.74) is 7.27. The standard InChI is InChI=1S/C11H19N5O/c1-4-16(8-5-6-8)11-9(10(12)14-17)7(2)13-15(11)3/h8,17H,4-6H2,1-3H3,(H2,12,14). The van der Waals surface area contributed by atoms with E-state index in [1.807, 2.05) is 18.7 Å². The van der Waals surface area contributed by atoms with Gasteiger partial charge in [-0.1, -0.05) is 5.16 Å². The molecule has 6 nitrogen and oxygen atoms in total. The van der Waals surface area contributed by atoms with Crippen LogP contribution in [-0.4, -0.2) is 33.4 Å². The van der Waals surface area contributed by atoms with Gasteiger partial charge in [-0.3, -0.25) is 4.68 Å². The van der Waals surface area contributed by atoms with Crippen molar-refractivity contribution in [2.75, 3.05) is 11.4 Å². The minimum Gasteiger partial charge on any atom is -0.409 e. The van der Waals surface area contributed by atoms with Crippen LogP contribution >= 0.6 is 0 Å². The van der Waals surface area contributed by atoms with E-state index in [2.05, 4.69) is 22.1 Å². The number of oxime groups is 1. The van der Waals surface area contributed by atoms with Gasteiger partial charge in [0.05, 0.1) is 11.3 Å². The summed E-state index contributed by atoms with van der Waals surface area (Å²) in [7, 11) is 1.89. The van der Waals surface area contributed by atoms with Crippen molar-refractivity contribution in [2.45, 2.75) is 32.7 Å². The van der Waals surface area contributed by atoms with Gasteiger partial charge in [0.25, 0.3) is 0 Å². The van der Waals surface area contributed by atoms with Crippen molar-refractivity contribution in [2.24, 2.45) is 17.9 Å². The zero-order chi connectivity index (χ0) is 12.6. The Hall–Kier alpha value is -1.72. The molecular weight excluding hydrogens is 218 g/mol. The van der Waals surface area contributed by atoms with E-state index in [1.54, 1.807) is 0 Å². The number of amidine groups is 1. The smallest absolute Gasteiger partial charge is 0.175 e. The summed E-state index contributed by atoms with van der Waals surface area (Å²) >= 11 is 0. The lowest BCUT2D eigenvalue weighted by atomic mass is 10.2. The Kier molecular flexibility index (Phi) is 2.95.